The predicted octanol–water partition coefficient (Wildman–Crippen LogP) is 2.48. The summed E-state index contributed by atoms with van der Waals surface area (Å²) >= 11 is 0. The van der Waals surface area contributed by atoms with Gasteiger partial charge in [0.25, 0.3) is 5.91 Å². The number of carbonyl (C=O) groups is 1. The van der Waals surface area contributed by atoms with E-state index in [4.69, 9.17) is 5.11 Å². The average Bonchev–Trinajstić information content (AvgIpc) is 2.98. The van der Waals surface area contributed by atoms with Crippen molar-refractivity contribution in [1.29, 1.82) is 0 Å². The lowest BCUT2D eigenvalue weighted by Crippen LogP contribution is -2.26. The van der Waals surface area contributed by atoms with Crippen LogP contribution in [-0.2, 0) is 0 Å². The summed E-state index contributed by atoms with van der Waals surface area (Å²) in [6.45, 7) is 0.319. The van der Waals surface area contributed by atoms with E-state index in [9.17, 15) is 9.18 Å². The summed E-state index contributed by atoms with van der Waals surface area (Å²) in [5.74, 6) is 4.79. The molecule has 112 valence electrons. The van der Waals surface area contributed by atoms with Crippen molar-refractivity contribution in [2.24, 2.45) is 5.92 Å². The first-order valence-electron chi connectivity index (χ1n) is 7.38. The Morgan fingerprint density at radius 2 is 2.14 bits per heavy atom. The van der Waals surface area contributed by atoms with E-state index in [2.05, 4.69) is 17.2 Å². The number of hydrogen-bond donors (Lipinski definition) is 2. The van der Waals surface area contributed by atoms with E-state index < -0.39 is 5.82 Å². The summed E-state index contributed by atoms with van der Waals surface area (Å²) in [5.41, 5.74) is 0.486. The highest BCUT2D eigenvalue weighted by molar-refractivity contribution is 5.94. The third-order valence-electron chi connectivity index (χ3n) is 3.84. The zero-order valence-corrected chi connectivity index (χ0v) is 12.0. The highest BCUT2D eigenvalue weighted by Crippen LogP contribution is 2.26. The number of benzene rings is 1. The van der Waals surface area contributed by atoms with E-state index in [1.807, 2.05) is 0 Å². The summed E-state index contributed by atoms with van der Waals surface area (Å²) in [6, 6.07) is 4.23. The molecule has 1 amide bonds. The molecule has 1 saturated carbocycles. The maximum Gasteiger partial charge on any atom is 0.254 e. The molecule has 3 nitrogen and oxygen atoms in total. The van der Waals surface area contributed by atoms with Crippen LogP contribution >= 0.6 is 0 Å². The largest absolute Gasteiger partial charge is 0.384 e. The average molecular weight is 289 g/mol. The number of hydrogen-bond acceptors (Lipinski definition) is 2. The maximum absolute atomic E-state index is 13.9. The Morgan fingerprint density at radius 1 is 1.38 bits per heavy atom. The minimum Gasteiger partial charge on any atom is -0.384 e. The number of rotatable bonds is 4. The van der Waals surface area contributed by atoms with Gasteiger partial charge in [-0.1, -0.05) is 37.5 Å². The minimum absolute atomic E-state index is 0.0379. The lowest BCUT2D eigenvalue weighted by atomic mass is 10.0. The van der Waals surface area contributed by atoms with Crippen molar-refractivity contribution in [3.8, 4) is 11.8 Å². The molecule has 0 unspecified atom stereocenters. The first-order valence-corrected chi connectivity index (χ1v) is 7.38. The molecule has 4 heteroatoms. The quantitative estimate of drug-likeness (QED) is 0.837. The summed E-state index contributed by atoms with van der Waals surface area (Å²) in [6.07, 6.45) is 6.01. The molecule has 0 saturated heterocycles. The van der Waals surface area contributed by atoms with E-state index in [0.29, 0.717) is 18.0 Å². The molecule has 0 aromatic heterocycles. The normalized spacial score (nSPS) is 14.6. The van der Waals surface area contributed by atoms with Gasteiger partial charge < -0.3 is 10.4 Å². The summed E-state index contributed by atoms with van der Waals surface area (Å²) in [4.78, 5) is 11.9. The van der Waals surface area contributed by atoms with Crippen molar-refractivity contribution in [1.82, 2.24) is 5.32 Å². The molecule has 0 spiro atoms. The second-order valence-electron chi connectivity index (χ2n) is 5.35. The van der Waals surface area contributed by atoms with E-state index >= 15 is 0 Å². The highest BCUT2D eigenvalue weighted by atomic mass is 19.1. The van der Waals surface area contributed by atoms with Crippen molar-refractivity contribution in [3.05, 3.63) is 35.1 Å². The fourth-order valence-electron chi connectivity index (χ4n) is 2.70. The van der Waals surface area contributed by atoms with Crippen LogP contribution in [0.1, 0.15) is 48.0 Å². The first-order chi connectivity index (χ1) is 10.2. The molecule has 1 aromatic carbocycles. The van der Waals surface area contributed by atoms with Crippen molar-refractivity contribution < 1.29 is 14.3 Å². The number of aliphatic hydroxyl groups excluding tert-OH is 1. The SMILES string of the molecule is O=C(NCCC1CCCC1)c1ccc(C#CCO)cc1F. The molecule has 1 aliphatic carbocycles. The van der Waals surface area contributed by atoms with Gasteiger partial charge in [-0.3, -0.25) is 4.79 Å². The molecule has 1 aromatic rings. The van der Waals surface area contributed by atoms with Gasteiger partial charge in [-0.25, -0.2) is 4.39 Å². The second kappa shape index (κ2) is 7.80. The van der Waals surface area contributed by atoms with Crippen LogP contribution in [-0.4, -0.2) is 24.2 Å². The Morgan fingerprint density at radius 3 is 2.81 bits per heavy atom. The third kappa shape index (κ3) is 4.57. The first kappa shape index (κ1) is 15.5. The van der Waals surface area contributed by atoms with Crippen LogP contribution in [0.5, 0.6) is 0 Å². The standard InChI is InChI=1S/C17H20FNO2/c18-16-12-14(6-3-11-20)7-8-15(16)17(21)19-10-9-13-4-1-2-5-13/h7-8,12-13,20H,1-2,4-5,9-11H2,(H,19,21). The van der Waals surface area contributed by atoms with Crippen LogP contribution < -0.4 is 5.32 Å². The van der Waals surface area contributed by atoms with Crippen LogP contribution in [0.4, 0.5) is 4.39 Å². The van der Waals surface area contributed by atoms with Gasteiger partial charge in [-0.2, -0.15) is 0 Å². The van der Waals surface area contributed by atoms with Gasteiger partial charge >= 0.3 is 0 Å². The Hall–Kier alpha value is -1.86. The van der Waals surface area contributed by atoms with Gasteiger partial charge in [0.1, 0.15) is 12.4 Å². The van der Waals surface area contributed by atoms with Crippen LogP contribution in [0.15, 0.2) is 18.2 Å². The minimum atomic E-state index is -0.585. The van der Waals surface area contributed by atoms with Crippen molar-refractivity contribution in [2.45, 2.75) is 32.1 Å². The number of amides is 1. The predicted molar refractivity (Wildman–Crippen MR) is 79.3 cm³/mol. The van der Waals surface area contributed by atoms with Gasteiger partial charge in [-0.15, -0.1) is 0 Å². The topological polar surface area (TPSA) is 49.3 Å². The van der Waals surface area contributed by atoms with Crippen LogP contribution in [0.3, 0.4) is 0 Å². The van der Waals surface area contributed by atoms with Crippen LogP contribution in [0.25, 0.3) is 0 Å². The van der Waals surface area contributed by atoms with Gasteiger partial charge in [0.2, 0.25) is 0 Å². The molecule has 0 bridgehead atoms. The smallest absolute Gasteiger partial charge is 0.254 e. The third-order valence-corrected chi connectivity index (χ3v) is 3.84. The number of nitrogens with one attached hydrogen (secondary N) is 1. The summed E-state index contributed by atoms with van der Waals surface area (Å²) in [5, 5.41) is 11.4. The molecule has 2 N–H and O–H groups in total. The number of aliphatic hydroxyl groups is 1. The zero-order chi connectivity index (χ0) is 15.1. The zero-order valence-electron chi connectivity index (χ0n) is 12.0. The summed E-state index contributed by atoms with van der Waals surface area (Å²) in [7, 11) is 0. The van der Waals surface area contributed by atoms with E-state index in [1.54, 1.807) is 6.07 Å². The van der Waals surface area contributed by atoms with E-state index in [0.717, 1.165) is 6.42 Å². The molecular weight excluding hydrogens is 269 g/mol. The van der Waals surface area contributed by atoms with E-state index in [-0.39, 0.29) is 18.1 Å². The Bertz CT molecular complexity index is 554. The van der Waals surface area contributed by atoms with Gasteiger partial charge in [-0.05, 0) is 30.5 Å². The van der Waals surface area contributed by atoms with Crippen molar-refractivity contribution in [3.63, 3.8) is 0 Å². The lowest BCUT2D eigenvalue weighted by molar-refractivity contribution is 0.0947. The Labute approximate surface area is 124 Å². The fraction of sp³-hybridized carbons (Fsp3) is 0.471. The monoisotopic (exact) mass is 289 g/mol. The molecule has 0 radical (unpaired) electrons. The Kier molecular flexibility index (Phi) is 5.77. The Balaban J connectivity index is 1.89. The molecule has 21 heavy (non-hydrogen) atoms. The number of carbonyl (C=O) groups excluding carboxylic acids is 1. The molecule has 0 aliphatic heterocycles. The van der Waals surface area contributed by atoms with Gasteiger partial charge in [0.05, 0.1) is 5.56 Å². The van der Waals surface area contributed by atoms with Gasteiger partial charge in [0.15, 0.2) is 0 Å². The number of halogens is 1. The molecule has 1 fully saturated rings. The summed E-state index contributed by atoms with van der Waals surface area (Å²) < 4.78 is 13.9. The lowest BCUT2D eigenvalue weighted by Gasteiger charge is -2.10. The molecular formula is C17H20FNO2. The molecule has 0 heterocycles. The molecule has 2 rings (SSSR count). The van der Waals surface area contributed by atoms with Crippen molar-refractivity contribution >= 4 is 5.91 Å². The second-order valence-corrected chi connectivity index (χ2v) is 5.35. The van der Waals surface area contributed by atoms with Crippen LogP contribution in [0, 0.1) is 23.6 Å². The van der Waals surface area contributed by atoms with Crippen molar-refractivity contribution in [2.75, 3.05) is 13.2 Å². The highest BCUT2D eigenvalue weighted by Gasteiger charge is 2.16. The fourth-order valence-corrected chi connectivity index (χ4v) is 2.70. The maximum atomic E-state index is 13.9. The van der Waals surface area contributed by atoms with Crippen LogP contribution in [0.2, 0.25) is 0 Å². The molecule has 0 atom stereocenters. The van der Waals surface area contributed by atoms with E-state index in [1.165, 1.54) is 37.8 Å². The molecule has 1 aliphatic rings. The van der Waals surface area contributed by atoms with Gasteiger partial charge in [0, 0.05) is 12.1 Å².